The Morgan fingerprint density at radius 1 is 1.46 bits per heavy atom. The Morgan fingerprint density at radius 2 is 2.33 bits per heavy atom. The number of fused-ring (bicyclic) bond motifs is 1. The summed E-state index contributed by atoms with van der Waals surface area (Å²) in [5, 5.41) is 8.50. The molecule has 3 aromatic rings. The fourth-order valence-corrected chi connectivity index (χ4v) is 3.21. The quantitative estimate of drug-likeness (QED) is 0.676. The van der Waals surface area contributed by atoms with E-state index in [0.29, 0.717) is 12.2 Å². The summed E-state index contributed by atoms with van der Waals surface area (Å²) < 4.78 is 7.62. The van der Waals surface area contributed by atoms with Crippen molar-refractivity contribution in [2.45, 2.75) is 6.10 Å². The molecule has 1 aliphatic heterocycles. The smallest absolute Gasteiger partial charge is 0.250 e. The van der Waals surface area contributed by atoms with Crippen LogP contribution in [0.5, 0.6) is 0 Å². The van der Waals surface area contributed by atoms with E-state index in [1.165, 1.54) is 0 Å². The molecule has 4 N–H and O–H groups in total. The molecule has 2 aromatic heterocycles. The van der Waals surface area contributed by atoms with Crippen molar-refractivity contribution in [1.29, 1.82) is 0 Å². The number of nitrogens with two attached hydrogens (primary N) is 1. The first-order valence-corrected chi connectivity index (χ1v) is 7.90. The van der Waals surface area contributed by atoms with E-state index < -0.39 is 5.91 Å². The molecule has 1 aliphatic rings. The molecule has 3 heterocycles. The highest BCUT2D eigenvalue weighted by Gasteiger charge is 2.22. The van der Waals surface area contributed by atoms with Crippen LogP contribution in [0.4, 0.5) is 0 Å². The largest absolute Gasteiger partial charge is 0.371 e. The third-order valence-electron chi connectivity index (χ3n) is 4.38. The summed E-state index contributed by atoms with van der Waals surface area (Å²) in [7, 11) is 1.87. The number of carbonyl (C=O) groups is 1. The van der Waals surface area contributed by atoms with Crippen molar-refractivity contribution in [3.8, 4) is 11.3 Å². The molecule has 24 heavy (non-hydrogen) atoms. The van der Waals surface area contributed by atoms with Crippen molar-refractivity contribution >= 4 is 16.8 Å². The lowest BCUT2D eigenvalue weighted by Gasteiger charge is -2.24. The molecule has 7 heteroatoms. The number of rotatable bonds is 3. The number of aromatic amines is 1. The van der Waals surface area contributed by atoms with Gasteiger partial charge in [0.2, 0.25) is 0 Å². The van der Waals surface area contributed by atoms with Crippen molar-refractivity contribution in [1.82, 2.24) is 20.1 Å². The summed E-state index contributed by atoms with van der Waals surface area (Å²) in [6.45, 7) is 2.27. The number of hydrogen-bond donors (Lipinski definition) is 3. The molecule has 124 valence electrons. The Hall–Kier alpha value is -2.64. The lowest BCUT2D eigenvalue weighted by Crippen LogP contribution is -2.33. The number of hydrogen-bond acceptors (Lipinski definition) is 4. The molecule has 0 bridgehead atoms. The standard InChI is InChI=1S/C17H19N5O2/c1-22-9-10(7-20-22)14-6-13-11(15-8-19-4-5-24-15)2-3-12(17(18)23)16(13)21-14/h2-3,6-7,9,15,19,21H,4-5,8H2,1H3,(H2,18,23)/t15-/m0/s1. The van der Waals surface area contributed by atoms with Crippen LogP contribution in [0, 0.1) is 0 Å². The van der Waals surface area contributed by atoms with E-state index in [0.717, 1.165) is 40.8 Å². The maximum Gasteiger partial charge on any atom is 0.250 e. The van der Waals surface area contributed by atoms with Gasteiger partial charge >= 0.3 is 0 Å². The maximum atomic E-state index is 11.8. The monoisotopic (exact) mass is 325 g/mol. The molecule has 0 saturated carbocycles. The number of aryl methyl sites for hydroxylation is 1. The number of morpholine rings is 1. The number of benzene rings is 1. The topological polar surface area (TPSA) is 98.0 Å². The number of aromatic nitrogens is 3. The van der Waals surface area contributed by atoms with Gasteiger partial charge in [0.1, 0.15) is 0 Å². The minimum Gasteiger partial charge on any atom is -0.371 e. The lowest BCUT2D eigenvalue weighted by atomic mass is 10.00. The van der Waals surface area contributed by atoms with Crippen LogP contribution in [-0.2, 0) is 11.8 Å². The summed E-state index contributed by atoms with van der Waals surface area (Å²) in [5.41, 5.74) is 9.67. The number of amides is 1. The summed E-state index contributed by atoms with van der Waals surface area (Å²) in [6.07, 6.45) is 3.67. The number of ether oxygens (including phenoxy) is 1. The molecule has 0 spiro atoms. The average Bonchev–Trinajstić information content (AvgIpc) is 3.20. The van der Waals surface area contributed by atoms with Gasteiger partial charge in [-0.05, 0) is 17.7 Å². The predicted octanol–water partition coefficient (Wildman–Crippen LogP) is 1.33. The Balaban J connectivity index is 1.89. The van der Waals surface area contributed by atoms with Crippen LogP contribution in [0.25, 0.3) is 22.2 Å². The van der Waals surface area contributed by atoms with Crippen molar-refractivity contribution in [2.24, 2.45) is 12.8 Å². The first kappa shape index (κ1) is 14.9. The minimum atomic E-state index is -0.450. The lowest BCUT2D eigenvalue weighted by molar-refractivity contribution is 0.0286. The third kappa shape index (κ3) is 2.47. The Morgan fingerprint density at radius 3 is 3.00 bits per heavy atom. The normalized spacial score (nSPS) is 18.1. The number of nitrogens with one attached hydrogen (secondary N) is 2. The Kier molecular flexibility index (Phi) is 3.59. The van der Waals surface area contributed by atoms with Gasteiger partial charge in [-0.15, -0.1) is 0 Å². The highest BCUT2D eigenvalue weighted by Crippen LogP contribution is 2.33. The van der Waals surface area contributed by atoms with Gasteiger partial charge < -0.3 is 20.8 Å². The third-order valence-corrected chi connectivity index (χ3v) is 4.38. The zero-order valence-electron chi connectivity index (χ0n) is 13.4. The molecule has 0 aliphatic carbocycles. The molecule has 7 nitrogen and oxygen atoms in total. The highest BCUT2D eigenvalue weighted by atomic mass is 16.5. The Bertz CT molecular complexity index is 905. The minimum absolute atomic E-state index is 0.0410. The van der Waals surface area contributed by atoms with E-state index in [4.69, 9.17) is 10.5 Å². The molecular weight excluding hydrogens is 306 g/mol. The fraction of sp³-hybridized carbons (Fsp3) is 0.294. The molecule has 1 fully saturated rings. The Labute approximate surface area is 138 Å². The van der Waals surface area contributed by atoms with Gasteiger partial charge in [-0.25, -0.2) is 0 Å². The number of primary amides is 1. The van der Waals surface area contributed by atoms with E-state index in [2.05, 4.69) is 15.4 Å². The van der Waals surface area contributed by atoms with E-state index in [1.54, 1.807) is 16.9 Å². The van der Waals surface area contributed by atoms with Gasteiger partial charge in [-0.1, -0.05) is 6.07 Å². The van der Waals surface area contributed by atoms with Crippen molar-refractivity contribution < 1.29 is 9.53 Å². The molecule has 4 rings (SSSR count). The van der Waals surface area contributed by atoms with Crippen LogP contribution in [0.3, 0.4) is 0 Å². The number of H-pyrrole nitrogens is 1. The first-order valence-electron chi connectivity index (χ1n) is 7.90. The van der Waals surface area contributed by atoms with Gasteiger partial charge in [0, 0.05) is 43.0 Å². The van der Waals surface area contributed by atoms with Gasteiger partial charge in [0.15, 0.2) is 0 Å². The molecule has 1 atom stereocenters. The van der Waals surface area contributed by atoms with E-state index in [1.807, 2.05) is 25.4 Å². The SMILES string of the molecule is Cn1cc(-c2cc3c([C@@H]4CNCCO4)ccc(C(N)=O)c3[nH]2)cn1. The molecule has 0 unspecified atom stereocenters. The van der Waals surface area contributed by atoms with Gasteiger partial charge in [-0.3, -0.25) is 9.48 Å². The summed E-state index contributed by atoms with van der Waals surface area (Å²) >= 11 is 0. The van der Waals surface area contributed by atoms with Crippen LogP contribution in [0.2, 0.25) is 0 Å². The van der Waals surface area contributed by atoms with Crippen molar-refractivity contribution in [2.75, 3.05) is 19.7 Å². The van der Waals surface area contributed by atoms with Crippen LogP contribution >= 0.6 is 0 Å². The highest BCUT2D eigenvalue weighted by molar-refractivity contribution is 6.07. The van der Waals surface area contributed by atoms with Crippen LogP contribution in [0.1, 0.15) is 22.0 Å². The van der Waals surface area contributed by atoms with Gasteiger partial charge in [-0.2, -0.15) is 5.10 Å². The summed E-state index contributed by atoms with van der Waals surface area (Å²) in [6, 6.07) is 5.73. The van der Waals surface area contributed by atoms with Crippen molar-refractivity contribution in [3.05, 3.63) is 41.7 Å². The summed E-state index contributed by atoms with van der Waals surface area (Å²) in [4.78, 5) is 15.1. The van der Waals surface area contributed by atoms with Gasteiger partial charge in [0.05, 0.1) is 30.0 Å². The molecular formula is C17H19N5O2. The zero-order chi connectivity index (χ0) is 16.7. The van der Waals surface area contributed by atoms with Gasteiger partial charge in [0.25, 0.3) is 5.91 Å². The van der Waals surface area contributed by atoms with Crippen LogP contribution in [0.15, 0.2) is 30.6 Å². The van der Waals surface area contributed by atoms with Crippen LogP contribution < -0.4 is 11.1 Å². The molecule has 0 radical (unpaired) electrons. The number of carbonyl (C=O) groups excluding carboxylic acids is 1. The second-order valence-corrected chi connectivity index (χ2v) is 6.00. The summed E-state index contributed by atoms with van der Waals surface area (Å²) in [5.74, 6) is -0.450. The first-order chi connectivity index (χ1) is 11.6. The number of nitrogens with zero attached hydrogens (tertiary/aromatic N) is 2. The average molecular weight is 325 g/mol. The van der Waals surface area contributed by atoms with Crippen molar-refractivity contribution in [3.63, 3.8) is 0 Å². The van der Waals surface area contributed by atoms with E-state index >= 15 is 0 Å². The molecule has 1 aromatic carbocycles. The maximum absolute atomic E-state index is 11.8. The zero-order valence-corrected chi connectivity index (χ0v) is 13.4. The second kappa shape index (κ2) is 5.77. The molecule has 1 amide bonds. The molecule has 1 saturated heterocycles. The predicted molar refractivity (Wildman–Crippen MR) is 90.6 cm³/mol. The van der Waals surface area contributed by atoms with Crippen LogP contribution in [-0.4, -0.2) is 40.4 Å². The van der Waals surface area contributed by atoms with E-state index in [-0.39, 0.29) is 6.10 Å². The fourth-order valence-electron chi connectivity index (χ4n) is 3.21. The van der Waals surface area contributed by atoms with E-state index in [9.17, 15) is 4.79 Å². The second-order valence-electron chi connectivity index (χ2n) is 6.00.